The number of likely N-dealkylation sites (tertiary alicyclic amines) is 1. The first-order chi connectivity index (χ1) is 13.2. The lowest BCUT2D eigenvalue weighted by atomic mass is 9.89. The highest BCUT2D eigenvalue weighted by atomic mass is 16.6. The Morgan fingerprint density at radius 3 is 2.32 bits per heavy atom. The molecule has 0 spiro atoms. The molecule has 0 bridgehead atoms. The molecule has 1 saturated heterocycles. The molecule has 0 aliphatic carbocycles. The second-order valence-electron chi connectivity index (χ2n) is 7.29. The molecular formula is C21H22N2O5. The summed E-state index contributed by atoms with van der Waals surface area (Å²) in [7, 11) is 0. The SMILES string of the molecule is Cc1cc(C)c([N+](=O)[O-])c(C)c1C(=O)N1CC(C(=O)O)C(c2ccccc2)C1. The third kappa shape index (κ3) is 3.35. The fourth-order valence-corrected chi connectivity index (χ4v) is 4.20. The molecule has 146 valence electrons. The summed E-state index contributed by atoms with van der Waals surface area (Å²) < 4.78 is 0. The smallest absolute Gasteiger partial charge is 0.308 e. The van der Waals surface area contributed by atoms with Gasteiger partial charge in [0.1, 0.15) is 0 Å². The van der Waals surface area contributed by atoms with Crippen LogP contribution in [0.25, 0.3) is 0 Å². The predicted octanol–water partition coefficient (Wildman–Crippen LogP) is 3.46. The van der Waals surface area contributed by atoms with E-state index in [1.807, 2.05) is 30.3 Å². The van der Waals surface area contributed by atoms with Crippen LogP contribution in [0.4, 0.5) is 5.69 Å². The van der Waals surface area contributed by atoms with Gasteiger partial charge in [-0.25, -0.2) is 0 Å². The fraction of sp³-hybridized carbons (Fsp3) is 0.333. The van der Waals surface area contributed by atoms with Gasteiger partial charge in [-0.1, -0.05) is 30.3 Å². The summed E-state index contributed by atoms with van der Waals surface area (Å²) in [6, 6.07) is 10.9. The van der Waals surface area contributed by atoms with Crippen LogP contribution < -0.4 is 0 Å². The average Bonchev–Trinajstić information content (AvgIpc) is 3.07. The highest BCUT2D eigenvalue weighted by Crippen LogP contribution is 2.36. The van der Waals surface area contributed by atoms with Gasteiger partial charge in [0, 0.05) is 30.1 Å². The number of rotatable bonds is 4. The number of benzene rings is 2. The van der Waals surface area contributed by atoms with E-state index in [-0.39, 0.29) is 36.2 Å². The maximum atomic E-state index is 13.2. The molecule has 0 aromatic heterocycles. The van der Waals surface area contributed by atoms with E-state index in [9.17, 15) is 24.8 Å². The Kier molecular flexibility index (Phi) is 5.18. The number of hydrogen-bond acceptors (Lipinski definition) is 4. The minimum absolute atomic E-state index is 0.0671. The molecular weight excluding hydrogens is 360 g/mol. The zero-order valence-electron chi connectivity index (χ0n) is 16.0. The van der Waals surface area contributed by atoms with Gasteiger partial charge in [-0.05, 0) is 38.0 Å². The molecule has 2 aromatic carbocycles. The van der Waals surface area contributed by atoms with Crippen LogP contribution >= 0.6 is 0 Å². The number of aryl methyl sites for hydroxylation is 2. The number of nitrogens with zero attached hydrogens (tertiary/aromatic N) is 2. The maximum absolute atomic E-state index is 13.2. The molecule has 1 amide bonds. The van der Waals surface area contributed by atoms with E-state index in [4.69, 9.17) is 0 Å². The van der Waals surface area contributed by atoms with E-state index < -0.39 is 16.8 Å². The second kappa shape index (κ2) is 7.42. The number of nitro groups is 1. The first-order valence-electron chi connectivity index (χ1n) is 9.04. The first kappa shape index (κ1) is 19.5. The quantitative estimate of drug-likeness (QED) is 0.645. The first-order valence-corrected chi connectivity index (χ1v) is 9.04. The number of carboxylic acid groups (broad SMARTS) is 1. The Hall–Kier alpha value is -3.22. The number of carbonyl (C=O) groups is 2. The maximum Gasteiger partial charge on any atom is 0.308 e. The van der Waals surface area contributed by atoms with Crippen molar-refractivity contribution in [3.05, 3.63) is 74.3 Å². The molecule has 0 saturated carbocycles. The Morgan fingerprint density at radius 1 is 1.11 bits per heavy atom. The normalized spacial score (nSPS) is 18.9. The number of nitro benzene ring substituents is 1. The van der Waals surface area contributed by atoms with Crippen molar-refractivity contribution in [2.75, 3.05) is 13.1 Å². The average molecular weight is 382 g/mol. The Morgan fingerprint density at radius 2 is 1.75 bits per heavy atom. The summed E-state index contributed by atoms with van der Waals surface area (Å²) in [6.45, 7) is 5.31. The molecule has 2 unspecified atom stereocenters. The summed E-state index contributed by atoms with van der Waals surface area (Å²) in [6.07, 6.45) is 0. The van der Waals surface area contributed by atoms with E-state index in [1.165, 1.54) is 4.90 Å². The Balaban J connectivity index is 1.99. The highest BCUT2D eigenvalue weighted by Gasteiger charge is 2.41. The molecule has 2 atom stereocenters. The van der Waals surface area contributed by atoms with E-state index >= 15 is 0 Å². The van der Waals surface area contributed by atoms with Crippen LogP contribution in [0.15, 0.2) is 36.4 Å². The van der Waals surface area contributed by atoms with Gasteiger partial charge >= 0.3 is 5.97 Å². The van der Waals surface area contributed by atoms with Crippen molar-refractivity contribution in [3.8, 4) is 0 Å². The summed E-state index contributed by atoms with van der Waals surface area (Å²) in [5, 5.41) is 21.1. The van der Waals surface area contributed by atoms with Gasteiger partial charge in [-0.3, -0.25) is 19.7 Å². The third-order valence-electron chi connectivity index (χ3n) is 5.48. The topological polar surface area (TPSA) is 101 Å². The minimum atomic E-state index is -0.951. The Bertz CT molecular complexity index is 955. The highest BCUT2D eigenvalue weighted by molar-refractivity contribution is 5.99. The van der Waals surface area contributed by atoms with Crippen LogP contribution in [0.1, 0.15) is 38.5 Å². The lowest BCUT2D eigenvalue weighted by Gasteiger charge is -2.20. The van der Waals surface area contributed by atoms with Crippen LogP contribution in [0.3, 0.4) is 0 Å². The lowest BCUT2D eigenvalue weighted by Crippen LogP contribution is -2.31. The van der Waals surface area contributed by atoms with Crippen LogP contribution in [-0.4, -0.2) is 39.9 Å². The van der Waals surface area contributed by atoms with E-state index in [1.54, 1.807) is 26.8 Å². The Labute approximate surface area is 162 Å². The number of aliphatic carboxylic acids is 1. The lowest BCUT2D eigenvalue weighted by molar-refractivity contribution is -0.386. The molecule has 1 fully saturated rings. The summed E-state index contributed by atoms with van der Waals surface area (Å²) >= 11 is 0. The number of hydrogen-bond donors (Lipinski definition) is 1. The van der Waals surface area contributed by atoms with Crippen molar-refractivity contribution in [1.29, 1.82) is 0 Å². The summed E-state index contributed by atoms with van der Waals surface area (Å²) in [5.74, 6) is -2.34. The van der Waals surface area contributed by atoms with Crippen LogP contribution in [0.2, 0.25) is 0 Å². The van der Waals surface area contributed by atoms with Gasteiger partial charge in [-0.2, -0.15) is 0 Å². The van der Waals surface area contributed by atoms with Crippen molar-refractivity contribution >= 4 is 17.6 Å². The van der Waals surface area contributed by atoms with Crippen LogP contribution in [0.5, 0.6) is 0 Å². The largest absolute Gasteiger partial charge is 0.481 e. The predicted molar refractivity (Wildman–Crippen MR) is 104 cm³/mol. The van der Waals surface area contributed by atoms with Crippen molar-refractivity contribution in [2.45, 2.75) is 26.7 Å². The van der Waals surface area contributed by atoms with Gasteiger partial charge in [0.15, 0.2) is 0 Å². The van der Waals surface area contributed by atoms with Crippen molar-refractivity contribution < 1.29 is 19.6 Å². The van der Waals surface area contributed by atoms with E-state index in [0.29, 0.717) is 16.7 Å². The minimum Gasteiger partial charge on any atom is -0.481 e. The van der Waals surface area contributed by atoms with Gasteiger partial charge in [0.25, 0.3) is 11.6 Å². The number of carboxylic acids is 1. The van der Waals surface area contributed by atoms with E-state index in [0.717, 1.165) is 5.56 Å². The molecule has 1 aliphatic rings. The van der Waals surface area contributed by atoms with Crippen LogP contribution in [-0.2, 0) is 4.79 Å². The molecule has 2 aromatic rings. The molecule has 7 nitrogen and oxygen atoms in total. The molecule has 1 N–H and O–H groups in total. The monoisotopic (exact) mass is 382 g/mol. The molecule has 1 heterocycles. The number of carbonyl (C=O) groups excluding carboxylic acids is 1. The van der Waals surface area contributed by atoms with Crippen molar-refractivity contribution in [1.82, 2.24) is 4.90 Å². The molecule has 0 radical (unpaired) electrons. The zero-order chi connectivity index (χ0) is 20.6. The molecule has 1 aliphatic heterocycles. The van der Waals surface area contributed by atoms with Crippen LogP contribution in [0, 0.1) is 36.8 Å². The zero-order valence-corrected chi connectivity index (χ0v) is 16.0. The van der Waals surface area contributed by atoms with Crippen molar-refractivity contribution in [2.24, 2.45) is 5.92 Å². The third-order valence-corrected chi connectivity index (χ3v) is 5.48. The molecule has 3 rings (SSSR count). The summed E-state index contributed by atoms with van der Waals surface area (Å²) in [4.78, 5) is 37.5. The standard InChI is InChI=1S/C21H22N2O5/c1-12-9-13(2)19(23(27)28)14(3)18(12)20(24)22-10-16(17(11-22)21(25)26)15-7-5-4-6-8-15/h4-9,16-17H,10-11H2,1-3H3,(H,25,26). The van der Waals surface area contributed by atoms with Gasteiger partial charge in [0.2, 0.25) is 0 Å². The molecule has 7 heteroatoms. The van der Waals surface area contributed by atoms with Crippen molar-refractivity contribution in [3.63, 3.8) is 0 Å². The fourth-order valence-electron chi connectivity index (χ4n) is 4.20. The molecule has 28 heavy (non-hydrogen) atoms. The van der Waals surface area contributed by atoms with Gasteiger partial charge in [0.05, 0.1) is 16.4 Å². The second-order valence-corrected chi connectivity index (χ2v) is 7.29. The number of amides is 1. The van der Waals surface area contributed by atoms with Gasteiger partial charge in [-0.15, -0.1) is 0 Å². The summed E-state index contributed by atoms with van der Waals surface area (Å²) in [5.41, 5.74) is 2.57. The van der Waals surface area contributed by atoms with E-state index in [2.05, 4.69) is 0 Å². The van der Waals surface area contributed by atoms with Gasteiger partial charge < -0.3 is 10.0 Å².